The highest BCUT2D eigenvalue weighted by atomic mass is 19.4. The van der Waals surface area contributed by atoms with Crippen molar-refractivity contribution in [2.24, 2.45) is 10.4 Å². The lowest BCUT2D eigenvalue weighted by molar-refractivity contribution is -0.138. The van der Waals surface area contributed by atoms with Crippen LogP contribution in [0.3, 0.4) is 0 Å². The summed E-state index contributed by atoms with van der Waals surface area (Å²) in [7, 11) is 0. The Kier molecular flexibility index (Phi) is 5.25. The van der Waals surface area contributed by atoms with Crippen LogP contribution in [-0.2, 0) is 12.4 Å². The highest BCUT2D eigenvalue weighted by Gasteiger charge is 2.65. The van der Waals surface area contributed by atoms with Gasteiger partial charge < -0.3 is 14.9 Å². The molecule has 0 spiro atoms. The maximum absolute atomic E-state index is 13.5. The Morgan fingerprint density at radius 2 is 1.55 bits per heavy atom. The fourth-order valence-electron chi connectivity index (χ4n) is 3.82. The molecule has 1 N–H and O–H groups in total. The lowest BCUT2D eigenvalue weighted by Gasteiger charge is -2.24. The summed E-state index contributed by atoms with van der Waals surface area (Å²) in [5.74, 6) is -0.0756. The molecule has 1 fully saturated rings. The molecule has 1 saturated carbocycles. The number of nitrogens with zero attached hydrogens (tertiary/aromatic N) is 1. The Labute approximate surface area is 185 Å². The second-order valence-corrected chi connectivity index (χ2v) is 8.80. The van der Waals surface area contributed by atoms with Gasteiger partial charge in [-0.1, -0.05) is 13.8 Å². The minimum atomic E-state index is -4.67. The first kappa shape index (κ1) is 23.1. The van der Waals surface area contributed by atoms with Crippen LogP contribution < -0.4 is 9.47 Å². The van der Waals surface area contributed by atoms with E-state index >= 15 is 0 Å². The predicted molar refractivity (Wildman–Crippen MR) is 109 cm³/mol. The van der Waals surface area contributed by atoms with Crippen LogP contribution in [0, 0.1) is 10.8 Å². The quantitative estimate of drug-likeness (QED) is 0.390. The van der Waals surface area contributed by atoms with Crippen molar-refractivity contribution in [3.05, 3.63) is 58.7 Å². The molecular formula is C23H20F6N2O2. The van der Waals surface area contributed by atoms with Crippen LogP contribution in [0.5, 0.6) is 11.5 Å². The smallest absolute Gasteiger partial charge is 0.417 e. The normalized spacial score (nSPS) is 21.3. The number of benzene rings is 2. The molecule has 0 bridgehead atoms. The molecule has 1 unspecified atom stereocenters. The number of ether oxygens (including phenoxy) is 2. The van der Waals surface area contributed by atoms with Crippen LogP contribution in [0.4, 0.5) is 26.3 Å². The molecule has 1 aliphatic heterocycles. The molecule has 1 atom stereocenters. The molecule has 33 heavy (non-hydrogen) atoms. The van der Waals surface area contributed by atoms with E-state index in [2.05, 4.69) is 4.99 Å². The summed E-state index contributed by atoms with van der Waals surface area (Å²) in [5, 5.41) is 7.18. The first-order valence-corrected chi connectivity index (χ1v) is 10.0. The number of alkyl halides is 6. The monoisotopic (exact) mass is 470 g/mol. The van der Waals surface area contributed by atoms with E-state index in [-0.39, 0.29) is 35.8 Å². The summed E-state index contributed by atoms with van der Waals surface area (Å²) in [6, 6.07) is 6.92. The summed E-state index contributed by atoms with van der Waals surface area (Å²) < 4.78 is 92.0. The molecule has 2 aromatic carbocycles. The molecule has 1 aliphatic carbocycles. The number of rotatable bonds is 7. The molecule has 0 saturated heterocycles. The zero-order valence-electron chi connectivity index (χ0n) is 17.7. The fourth-order valence-corrected chi connectivity index (χ4v) is 3.82. The fraction of sp³-hybridized carbons (Fsp3) is 0.391. The number of aliphatic imine (C=N–C) groups is 1. The van der Waals surface area contributed by atoms with Crippen LogP contribution in [0.15, 0.2) is 41.4 Å². The lowest BCUT2D eigenvalue weighted by atomic mass is 10.0. The average molecular weight is 470 g/mol. The summed E-state index contributed by atoms with van der Waals surface area (Å²) in [6.45, 7) is 3.79. The zero-order valence-corrected chi connectivity index (χ0v) is 17.7. The van der Waals surface area contributed by atoms with E-state index in [0.29, 0.717) is 18.3 Å². The summed E-state index contributed by atoms with van der Waals surface area (Å²) in [5.41, 5.74) is -3.24. The van der Waals surface area contributed by atoms with Gasteiger partial charge in [-0.2, -0.15) is 26.3 Å². The Morgan fingerprint density at radius 1 is 0.970 bits per heavy atom. The third-order valence-corrected chi connectivity index (χ3v) is 6.03. The maximum Gasteiger partial charge on any atom is 0.417 e. The molecule has 176 valence electrons. The van der Waals surface area contributed by atoms with Crippen molar-refractivity contribution in [1.29, 1.82) is 5.41 Å². The van der Waals surface area contributed by atoms with Gasteiger partial charge in [0.2, 0.25) is 0 Å². The van der Waals surface area contributed by atoms with Crippen LogP contribution in [0.1, 0.15) is 42.5 Å². The zero-order chi connectivity index (χ0) is 24.2. The van der Waals surface area contributed by atoms with Gasteiger partial charge in [0.1, 0.15) is 23.7 Å². The maximum atomic E-state index is 13.5. The van der Waals surface area contributed by atoms with E-state index in [1.807, 2.05) is 13.8 Å². The van der Waals surface area contributed by atoms with Gasteiger partial charge in [0.15, 0.2) is 0 Å². The molecule has 2 aliphatic rings. The second-order valence-electron chi connectivity index (χ2n) is 8.80. The highest BCUT2D eigenvalue weighted by Crippen LogP contribution is 2.58. The summed E-state index contributed by atoms with van der Waals surface area (Å²) in [6.07, 6.45) is -8.20. The average Bonchev–Trinajstić information content (AvgIpc) is 3.62. The van der Waals surface area contributed by atoms with Crippen molar-refractivity contribution in [3.63, 3.8) is 0 Å². The Balaban J connectivity index is 1.56. The van der Waals surface area contributed by atoms with Gasteiger partial charge in [-0.15, -0.1) is 0 Å². The van der Waals surface area contributed by atoms with Crippen LogP contribution >= 0.6 is 0 Å². The summed E-state index contributed by atoms with van der Waals surface area (Å²) >= 11 is 0. The van der Waals surface area contributed by atoms with Gasteiger partial charge >= 0.3 is 12.4 Å². The SMILES string of the molecule is CC1(C)CC1(COc1ccc(C2=NC2)c(C(F)(F)F)c1)Oc1ccc(C=N)c(C(F)(F)F)c1. The molecule has 10 heteroatoms. The number of nitrogens with one attached hydrogen (secondary N) is 1. The van der Waals surface area contributed by atoms with Gasteiger partial charge in [0.25, 0.3) is 0 Å². The number of hydrogen-bond donors (Lipinski definition) is 1. The minimum absolute atomic E-state index is 0.0125. The van der Waals surface area contributed by atoms with Crippen molar-refractivity contribution < 1.29 is 35.8 Å². The molecular weight excluding hydrogens is 450 g/mol. The van der Waals surface area contributed by atoms with Gasteiger partial charge in [-0.3, -0.25) is 4.99 Å². The van der Waals surface area contributed by atoms with Crippen LogP contribution in [0.2, 0.25) is 0 Å². The van der Waals surface area contributed by atoms with E-state index in [1.54, 1.807) is 0 Å². The van der Waals surface area contributed by atoms with E-state index in [0.717, 1.165) is 18.2 Å². The van der Waals surface area contributed by atoms with Gasteiger partial charge in [0, 0.05) is 29.2 Å². The van der Waals surface area contributed by atoms with Crippen LogP contribution in [0.25, 0.3) is 0 Å². The van der Waals surface area contributed by atoms with E-state index in [1.165, 1.54) is 18.2 Å². The topological polar surface area (TPSA) is 54.7 Å². The molecule has 0 radical (unpaired) electrons. The third-order valence-electron chi connectivity index (χ3n) is 6.03. The number of hydrogen-bond acceptors (Lipinski definition) is 4. The van der Waals surface area contributed by atoms with Crippen molar-refractivity contribution >= 4 is 11.9 Å². The molecule has 4 nitrogen and oxygen atoms in total. The van der Waals surface area contributed by atoms with Gasteiger partial charge in [-0.05, 0) is 36.4 Å². The third kappa shape index (κ3) is 4.56. The second kappa shape index (κ2) is 7.50. The van der Waals surface area contributed by atoms with Crippen molar-refractivity contribution in [2.75, 3.05) is 13.2 Å². The first-order valence-electron chi connectivity index (χ1n) is 10.0. The Bertz CT molecular complexity index is 1140. The predicted octanol–water partition coefficient (Wildman–Crippen LogP) is 6.15. The highest BCUT2D eigenvalue weighted by molar-refractivity contribution is 6.11. The Hall–Kier alpha value is -3.04. The largest absolute Gasteiger partial charge is 0.489 e. The standard InChI is InChI=1S/C23H20F6N2O2/c1-20(2)11-21(20,33-15-4-3-13(9-30)17(8-15)22(24,25)26)12-32-14-5-6-16(19-10-31-19)18(7-14)23(27,28)29/h3-9,30H,10-12H2,1-2H3. The van der Waals surface area contributed by atoms with E-state index < -0.39 is 34.5 Å². The molecule has 0 amide bonds. The molecule has 1 heterocycles. The van der Waals surface area contributed by atoms with Crippen molar-refractivity contribution in [2.45, 2.75) is 38.2 Å². The van der Waals surface area contributed by atoms with Gasteiger partial charge in [-0.25, -0.2) is 0 Å². The van der Waals surface area contributed by atoms with Crippen molar-refractivity contribution in [1.82, 2.24) is 0 Å². The van der Waals surface area contributed by atoms with E-state index in [4.69, 9.17) is 14.9 Å². The van der Waals surface area contributed by atoms with Crippen molar-refractivity contribution in [3.8, 4) is 11.5 Å². The minimum Gasteiger partial charge on any atom is -0.489 e. The van der Waals surface area contributed by atoms with Gasteiger partial charge in [0.05, 0.1) is 23.4 Å². The molecule has 0 aromatic heterocycles. The molecule has 2 aromatic rings. The van der Waals surface area contributed by atoms with Crippen LogP contribution in [-0.4, -0.2) is 30.7 Å². The Morgan fingerprint density at radius 3 is 2.06 bits per heavy atom. The van der Waals surface area contributed by atoms with E-state index in [9.17, 15) is 26.3 Å². The summed E-state index contributed by atoms with van der Waals surface area (Å²) in [4.78, 5) is 3.84. The molecule has 4 rings (SSSR count). The lowest BCUT2D eigenvalue weighted by Crippen LogP contribution is -2.32. The number of halogens is 6. The first-order chi connectivity index (χ1) is 15.3.